The molecule has 0 bridgehead atoms. The minimum absolute atomic E-state index is 0.0177. The maximum atomic E-state index is 13.2. The highest BCUT2D eigenvalue weighted by Gasteiger charge is 2.18. The average Bonchev–Trinajstić information content (AvgIpc) is 2.86. The molecular formula is C13H15FN2O3S. The predicted octanol–water partition coefficient (Wildman–Crippen LogP) is 1.83. The number of nitrogens with two attached hydrogens (primary N) is 1. The van der Waals surface area contributed by atoms with E-state index in [0.29, 0.717) is 17.7 Å². The van der Waals surface area contributed by atoms with Gasteiger partial charge in [0.25, 0.3) is 0 Å². The number of hydrogen-bond donors (Lipinski definition) is 2. The Kier molecular flexibility index (Phi) is 4.10. The quantitative estimate of drug-likeness (QED) is 0.825. The maximum absolute atomic E-state index is 13.2. The third kappa shape index (κ3) is 3.17. The van der Waals surface area contributed by atoms with Crippen LogP contribution in [0.3, 0.4) is 0 Å². The van der Waals surface area contributed by atoms with Crippen molar-refractivity contribution in [2.45, 2.75) is 18.2 Å². The zero-order valence-corrected chi connectivity index (χ0v) is 11.7. The van der Waals surface area contributed by atoms with E-state index in [1.54, 1.807) is 12.1 Å². The summed E-state index contributed by atoms with van der Waals surface area (Å²) in [6.45, 7) is 1.70. The lowest BCUT2D eigenvalue weighted by molar-refractivity contribution is 0.506. The molecule has 3 N–H and O–H groups in total. The Morgan fingerprint density at radius 3 is 2.80 bits per heavy atom. The monoisotopic (exact) mass is 298 g/mol. The maximum Gasteiger partial charge on any atom is 0.240 e. The lowest BCUT2D eigenvalue weighted by atomic mass is 10.2. The third-order valence-corrected chi connectivity index (χ3v) is 4.43. The summed E-state index contributed by atoms with van der Waals surface area (Å²) in [5, 5.41) is 0. The zero-order valence-electron chi connectivity index (χ0n) is 10.9. The molecular weight excluding hydrogens is 283 g/mol. The van der Waals surface area contributed by atoms with E-state index >= 15 is 0 Å². The molecule has 0 amide bonds. The van der Waals surface area contributed by atoms with Gasteiger partial charge in [-0.25, -0.2) is 17.5 Å². The normalized spacial score (nSPS) is 11.7. The molecule has 0 spiro atoms. The van der Waals surface area contributed by atoms with Gasteiger partial charge < -0.3 is 10.2 Å². The first-order chi connectivity index (χ1) is 9.40. The number of nitrogen functional groups attached to an aromatic ring is 1. The fraction of sp³-hybridized carbons (Fsp3) is 0.231. The van der Waals surface area contributed by atoms with Gasteiger partial charge in [0.1, 0.15) is 11.6 Å². The SMILES string of the molecule is Cc1cc(F)c(N)cc1S(=O)(=O)NCCc1ccco1. The summed E-state index contributed by atoms with van der Waals surface area (Å²) in [4.78, 5) is -0.0177. The van der Waals surface area contributed by atoms with Gasteiger partial charge in [0, 0.05) is 13.0 Å². The van der Waals surface area contributed by atoms with E-state index in [1.807, 2.05) is 0 Å². The van der Waals surface area contributed by atoms with Crippen molar-refractivity contribution in [2.24, 2.45) is 0 Å². The van der Waals surface area contributed by atoms with Crippen LogP contribution in [0.1, 0.15) is 11.3 Å². The van der Waals surface area contributed by atoms with Crippen LogP contribution in [-0.2, 0) is 16.4 Å². The Balaban J connectivity index is 2.12. The molecule has 0 unspecified atom stereocenters. The molecule has 0 aliphatic carbocycles. The van der Waals surface area contributed by atoms with Gasteiger partial charge in [-0.2, -0.15) is 0 Å². The van der Waals surface area contributed by atoms with E-state index in [1.165, 1.54) is 13.2 Å². The molecule has 1 aromatic carbocycles. The van der Waals surface area contributed by atoms with Crippen LogP contribution in [0.25, 0.3) is 0 Å². The topological polar surface area (TPSA) is 85.3 Å². The number of sulfonamides is 1. The lowest BCUT2D eigenvalue weighted by Crippen LogP contribution is -2.26. The van der Waals surface area contributed by atoms with E-state index in [9.17, 15) is 12.8 Å². The molecule has 0 saturated heterocycles. The minimum Gasteiger partial charge on any atom is -0.469 e. The summed E-state index contributed by atoms with van der Waals surface area (Å²) in [5.74, 6) is 0.0556. The van der Waals surface area contributed by atoms with Gasteiger partial charge in [0.05, 0.1) is 16.8 Å². The van der Waals surface area contributed by atoms with Crippen LogP contribution in [0.4, 0.5) is 10.1 Å². The van der Waals surface area contributed by atoms with Gasteiger partial charge in [0.15, 0.2) is 0 Å². The highest BCUT2D eigenvalue weighted by molar-refractivity contribution is 7.89. The van der Waals surface area contributed by atoms with Crippen molar-refractivity contribution in [3.8, 4) is 0 Å². The third-order valence-electron chi connectivity index (χ3n) is 2.83. The number of anilines is 1. The van der Waals surface area contributed by atoms with E-state index in [2.05, 4.69) is 4.72 Å². The number of nitrogens with one attached hydrogen (secondary N) is 1. The standard InChI is InChI=1S/C13H15FN2O3S/c1-9-7-11(14)12(15)8-13(9)20(17,18)16-5-4-10-3-2-6-19-10/h2-3,6-8,16H,4-5,15H2,1H3. The molecule has 108 valence electrons. The number of rotatable bonds is 5. The molecule has 0 radical (unpaired) electrons. The van der Waals surface area contributed by atoms with Crippen molar-refractivity contribution < 1.29 is 17.2 Å². The van der Waals surface area contributed by atoms with Crippen molar-refractivity contribution in [1.29, 1.82) is 0 Å². The molecule has 0 saturated carbocycles. The first kappa shape index (κ1) is 14.5. The molecule has 1 aromatic heterocycles. The number of benzene rings is 1. The Morgan fingerprint density at radius 1 is 1.40 bits per heavy atom. The van der Waals surface area contributed by atoms with E-state index in [4.69, 9.17) is 10.2 Å². The first-order valence-corrected chi connectivity index (χ1v) is 7.46. The van der Waals surface area contributed by atoms with E-state index in [-0.39, 0.29) is 17.1 Å². The van der Waals surface area contributed by atoms with Crippen molar-refractivity contribution >= 4 is 15.7 Å². The van der Waals surface area contributed by atoms with Gasteiger partial charge in [-0.3, -0.25) is 0 Å². The first-order valence-electron chi connectivity index (χ1n) is 5.98. The Bertz CT molecular complexity index is 697. The van der Waals surface area contributed by atoms with Gasteiger partial charge in [0.2, 0.25) is 10.0 Å². The molecule has 0 aliphatic heterocycles. The van der Waals surface area contributed by atoms with Crippen LogP contribution in [0.15, 0.2) is 39.8 Å². The van der Waals surface area contributed by atoms with Gasteiger partial charge >= 0.3 is 0 Å². The minimum atomic E-state index is -3.72. The summed E-state index contributed by atoms with van der Waals surface area (Å²) >= 11 is 0. The number of halogens is 1. The van der Waals surface area contributed by atoms with Gasteiger partial charge in [-0.15, -0.1) is 0 Å². The highest BCUT2D eigenvalue weighted by Crippen LogP contribution is 2.21. The van der Waals surface area contributed by atoms with Crippen LogP contribution in [0, 0.1) is 12.7 Å². The summed E-state index contributed by atoms with van der Waals surface area (Å²) in [6, 6.07) is 5.72. The molecule has 5 nitrogen and oxygen atoms in total. The molecule has 2 aromatic rings. The van der Waals surface area contributed by atoms with Crippen LogP contribution < -0.4 is 10.5 Å². The molecule has 1 heterocycles. The number of aryl methyl sites for hydroxylation is 1. The number of furan rings is 1. The Labute approximate surface area is 116 Å². The summed E-state index contributed by atoms with van der Waals surface area (Å²) < 4.78 is 45.0. The van der Waals surface area contributed by atoms with Crippen LogP contribution in [-0.4, -0.2) is 15.0 Å². The highest BCUT2D eigenvalue weighted by atomic mass is 32.2. The fourth-order valence-electron chi connectivity index (χ4n) is 1.80. The van der Waals surface area contributed by atoms with Crippen molar-refractivity contribution in [3.63, 3.8) is 0 Å². The van der Waals surface area contributed by atoms with E-state index in [0.717, 1.165) is 12.1 Å². The second-order valence-corrected chi connectivity index (χ2v) is 6.10. The molecule has 7 heteroatoms. The largest absolute Gasteiger partial charge is 0.469 e. The summed E-state index contributed by atoms with van der Waals surface area (Å²) in [5.41, 5.74) is 5.52. The molecule has 20 heavy (non-hydrogen) atoms. The molecule has 2 rings (SSSR count). The van der Waals surface area contributed by atoms with Crippen molar-refractivity contribution in [2.75, 3.05) is 12.3 Å². The van der Waals surface area contributed by atoms with Crippen molar-refractivity contribution in [3.05, 3.63) is 47.7 Å². The van der Waals surface area contributed by atoms with Crippen molar-refractivity contribution in [1.82, 2.24) is 4.72 Å². The van der Waals surface area contributed by atoms with E-state index < -0.39 is 15.8 Å². The second kappa shape index (κ2) is 5.64. The molecule has 0 atom stereocenters. The fourth-order valence-corrected chi connectivity index (χ4v) is 3.09. The Morgan fingerprint density at radius 2 is 2.15 bits per heavy atom. The van der Waals surface area contributed by atoms with Crippen LogP contribution in [0.5, 0.6) is 0 Å². The zero-order chi connectivity index (χ0) is 14.8. The number of hydrogen-bond acceptors (Lipinski definition) is 4. The average molecular weight is 298 g/mol. The molecule has 0 fully saturated rings. The summed E-state index contributed by atoms with van der Waals surface area (Å²) in [6.07, 6.45) is 1.95. The predicted molar refractivity (Wildman–Crippen MR) is 73.1 cm³/mol. The lowest BCUT2D eigenvalue weighted by Gasteiger charge is -2.10. The summed E-state index contributed by atoms with van der Waals surface area (Å²) in [7, 11) is -3.72. The van der Waals surface area contributed by atoms with Crippen LogP contribution >= 0.6 is 0 Å². The second-order valence-electron chi connectivity index (χ2n) is 4.37. The van der Waals surface area contributed by atoms with Gasteiger partial charge in [-0.1, -0.05) is 0 Å². The van der Waals surface area contributed by atoms with Crippen LogP contribution in [0.2, 0.25) is 0 Å². The Hall–Kier alpha value is -1.86. The smallest absolute Gasteiger partial charge is 0.240 e. The molecule has 0 aliphatic rings. The van der Waals surface area contributed by atoms with Gasteiger partial charge in [-0.05, 0) is 36.8 Å².